The molecule has 1 amide bonds. The molecule has 0 atom stereocenters. The van der Waals surface area contributed by atoms with Crippen molar-refractivity contribution in [2.24, 2.45) is 7.05 Å². The van der Waals surface area contributed by atoms with Gasteiger partial charge in [0.15, 0.2) is 0 Å². The Morgan fingerprint density at radius 1 is 1.14 bits per heavy atom. The Morgan fingerprint density at radius 3 is 2.54 bits per heavy atom. The number of nitrogens with one attached hydrogen (secondary N) is 2. The third-order valence-electron chi connectivity index (χ3n) is 4.42. The largest absolute Gasteiger partial charge is 0.331 e. The number of imidazole rings is 1. The fourth-order valence-electron chi connectivity index (χ4n) is 2.78. The van der Waals surface area contributed by atoms with Crippen molar-refractivity contribution in [3.63, 3.8) is 0 Å². The van der Waals surface area contributed by atoms with Crippen LogP contribution in [0.2, 0.25) is 0 Å². The summed E-state index contributed by atoms with van der Waals surface area (Å²) in [6.07, 6.45) is 0.684. The monoisotopic (exact) mass is 401 g/mol. The maximum Gasteiger partial charge on any atom is 0.242 e. The van der Waals surface area contributed by atoms with Crippen LogP contribution >= 0.6 is 0 Å². The third-order valence-corrected chi connectivity index (χ3v) is 6.23. The summed E-state index contributed by atoms with van der Waals surface area (Å²) < 4.78 is 27.6. The van der Waals surface area contributed by atoms with E-state index in [2.05, 4.69) is 15.8 Å². The first-order valence-corrected chi connectivity index (χ1v) is 10.2. The molecular formula is C19H23N5O3S. The molecular weight excluding hydrogens is 378 g/mol. The molecule has 0 fully saturated rings. The van der Waals surface area contributed by atoms with Crippen molar-refractivity contribution in [2.75, 3.05) is 19.5 Å². The molecule has 0 saturated carbocycles. The minimum atomic E-state index is -3.52. The molecule has 0 unspecified atom stereocenters. The van der Waals surface area contributed by atoms with Crippen molar-refractivity contribution in [3.8, 4) is 0 Å². The van der Waals surface area contributed by atoms with Gasteiger partial charge in [-0.15, -0.1) is 0 Å². The summed E-state index contributed by atoms with van der Waals surface area (Å²) in [5, 5.41) is 0. The molecule has 1 aromatic heterocycles. The summed E-state index contributed by atoms with van der Waals surface area (Å²) in [4.78, 5) is 16.8. The van der Waals surface area contributed by atoms with Crippen LogP contribution in [0.5, 0.6) is 0 Å². The Labute approximate surface area is 164 Å². The van der Waals surface area contributed by atoms with Crippen molar-refractivity contribution in [1.29, 1.82) is 0 Å². The molecule has 28 heavy (non-hydrogen) atoms. The molecule has 0 spiro atoms. The lowest BCUT2D eigenvalue weighted by Crippen LogP contribution is -2.29. The Hall–Kier alpha value is -2.91. The summed E-state index contributed by atoms with van der Waals surface area (Å²) in [6, 6.07) is 14.2. The molecule has 1 heterocycles. The van der Waals surface area contributed by atoms with E-state index in [1.807, 2.05) is 41.9 Å². The molecule has 2 aromatic carbocycles. The van der Waals surface area contributed by atoms with E-state index in [-0.39, 0.29) is 17.2 Å². The summed E-state index contributed by atoms with van der Waals surface area (Å²) in [6.45, 7) is 0. The van der Waals surface area contributed by atoms with Gasteiger partial charge >= 0.3 is 0 Å². The highest BCUT2D eigenvalue weighted by Gasteiger charge is 2.19. The van der Waals surface area contributed by atoms with Crippen molar-refractivity contribution in [1.82, 2.24) is 19.3 Å². The zero-order chi connectivity index (χ0) is 20.3. The molecule has 0 aliphatic carbocycles. The molecule has 0 bridgehead atoms. The van der Waals surface area contributed by atoms with E-state index in [9.17, 15) is 13.2 Å². The molecule has 0 aliphatic heterocycles. The lowest BCUT2D eigenvalue weighted by molar-refractivity contribution is -0.120. The van der Waals surface area contributed by atoms with Gasteiger partial charge in [-0.1, -0.05) is 18.2 Å². The first-order valence-electron chi connectivity index (χ1n) is 8.77. The Morgan fingerprint density at radius 2 is 1.86 bits per heavy atom. The van der Waals surface area contributed by atoms with Crippen LogP contribution in [0.1, 0.15) is 12.2 Å². The van der Waals surface area contributed by atoms with Crippen LogP contribution < -0.4 is 10.9 Å². The number of hydrazine groups is 1. The van der Waals surface area contributed by atoms with Crippen molar-refractivity contribution in [2.45, 2.75) is 17.7 Å². The van der Waals surface area contributed by atoms with E-state index < -0.39 is 10.0 Å². The molecule has 3 aromatic rings. The zero-order valence-electron chi connectivity index (χ0n) is 16.0. The normalized spacial score (nSPS) is 11.7. The van der Waals surface area contributed by atoms with Crippen molar-refractivity contribution in [3.05, 3.63) is 54.4 Å². The standard InChI is InChI=1S/C19H23N5O3S/c1-23(2)28(26,27)15-9-10-17-16(13-15)20-18(24(17)3)11-12-19(25)22-21-14-7-5-4-6-8-14/h4-10,13,21H,11-12H2,1-3H3,(H,22,25). The highest BCUT2D eigenvalue weighted by Crippen LogP contribution is 2.21. The van der Waals surface area contributed by atoms with Crippen LogP contribution in [0.15, 0.2) is 53.4 Å². The highest BCUT2D eigenvalue weighted by atomic mass is 32.2. The van der Waals surface area contributed by atoms with Crippen LogP contribution in [0, 0.1) is 0 Å². The average Bonchev–Trinajstić information content (AvgIpc) is 3.00. The number of carbonyl (C=O) groups excluding carboxylic acids is 1. The Balaban J connectivity index is 1.69. The number of anilines is 1. The SMILES string of the molecule is CN(C)S(=O)(=O)c1ccc2c(c1)nc(CCC(=O)NNc1ccccc1)n2C. The highest BCUT2D eigenvalue weighted by molar-refractivity contribution is 7.89. The van der Waals surface area contributed by atoms with Gasteiger partial charge in [0.1, 0.15) is 5.82 Å². The van der Waals surface area contributed by atoms with E-state index in [0.717, 1.165) is 11.2 Å². The van der Waals surface area contributed by atoms with Gasteiger partial charge in [-0.25, -0.2) is 17.7 Å². The lowest BCUT2D eigenvalue weighted by atomic mass is 10.3. The molecule has 0 radical (unpaired) electrons. The van der Waals surface area contributed by atoms with Gasteiger partial charge in [-0.3, -0.25) is 15.6 Å². The summed E-state index contributed by atoms with van der Waals surface area (Å²) in [5.74, 6) is 0.552. The number of aryl methyl sites for hydroxylation is 2. The molecule has 0 saturated heterocycles. The Bertz CT molecular complexity index is 1090. The maximum atomic E-state index is 12.3. The first kappa shape index (κ1) is 19.8. The number of aromatic nitrogens is 2. The minimum absolute atomic E-state index is 0.160. The minimum Gasteiger partial charge on any atom is -0.331 e. The Kier molecular flexibility index (Phi) is 5.66. The number of sulfonamides is 1. The fourth-order valence-corrected chi connectivity index (χ4v) is 3.70. The van der Waals surface area contributed by atoms with Gasteiger partial charge in [-0.05, 0) is 30.3 Å². The van der Waals surface area contributed by atoms with Crippen LogP contribution in [-0.2, 0) is 28.3 Å². The second-order valence-corrected chi connectivity index (χ2v) is 8.72. The van der Waals surface area contributed by atoms with Gasteiger partial charge in [-0.2, -0.15) is 0 Å². The summed E-state index contributed by atoms with van der Waals surface area (Å²) in [5.41, 5.74) is 7.71. The third kappa shape index (κ3) is 4.15. The molecule has 8 nitrogen and oxygen atoms in total. The van der Waals surface area contributed by atoms with Crippen LogP contribution in [0.25, 0.3) is 11.0 Å². The quantitative estimate of drug-likeness (QED) is 0.590. The first-order chi connectivity index (χ1) is 13.3. The van der Waals surface area contributed by atoms with Gasteiger partial charge in [0.05, 0.1) is 21.6 Å². The van der Waals surface area contributed by atoms with E-state index in [1.54, 1.807) is 18.2 Å². The lowest BCUT2D eigenvalue weighted by Gasteiger charge is -2.10. The van der Waals surface area contributed by atoms with E-state index >= 15 is 0 Å². The number of rotatable bonds is 7. The second kappa shape index (κ2) is 7.99. The number of nitrogens with zero attached hydrogens (tertiary/aromatic N) is 3. The van der Waals surface area contributed by atoms with E-state index in [1.165, 1.54) is 18.4 Å². The average molecular weight is 401 g/mol. The van der Waals surface area contributed by atoms with Crippen LogP contribution in [0.4, 0.5) is 5.69 Å². The van der Waals surface area contributed by atoms with E-state index in [0.29, 0.717) is 17.8 Å². The number of hydrogen-bond donors (Lipinski definition) is 2. The summed E-state index contributed by atoms with van der Waals surface area (Å²) >= 11 is 0. The fraction of sp³-hybridized carbons (Fsp3) is 0.263. The number of amides is 1. The zero-order valence-corrected chi connectivity index (χ0v) is 16.8. The summed E-state index contributed by atoms with van der Waals surface area (Å²) in [7, 11) is 1.32. The number of fused-ring (bicyclic) bond motifs is 1. The van der Waals surface area contributed by atoms with Gasteiger partial charge < -0.3 is 4.57 Å². The van der Waals surface area contributed by atoms with Crippen LogP contribution in [-0.4, -0.2) is 42.3 Å². The number of hydrogen-bond acceptors (Lipinski definition) is 5. The van der Waals surface area contributed by atoms with Crippen molar-refractivity contribution >= 4 is 32.7 Å². The van der Waals surface area contributed by atoms with Crippen LogP contribution in [0.3, 0.4) is 0 Å². The van der Waals surface area contributed by atoms with Crippen molar-refractivity contribution < 1.29 is 13.2 Å². The molecule has 2 N–H and O–H groups in total. The maximum absolute atomic E-state index is 12.3. The number of benzene rings is 2. The molecule has 9 heteroatoms. The second-order valence-electron chi connectivity index (χ2n) is 6.56. The molecule has 148 valence electrons. The number of para-hydroxylation sites is 1. The topological polar surface area (TPSA) is 96.3 Å². The van der Waals surface area contributed by atoms with Gasteiger partial charge in [0.2, 0.25) is 15.9 Å². The van der Waals surface area contributed by atoms with E-state index in [4.69, 9.17) is 0 Å². The molecule has 3 rings (SSSR count). The predicted octanol–water partition coefficient (Wildman–Crippen LogP) is 1.90. The molecule has 0 aliphatic rings. The number of carbonyl (C=O) groups is 1. The van der Waals surface area contributed by atoms with Gasteiger partial charge in [0.25, 0.3) is 0 Å². The van der Waals surface area contributed by atoms with Gasteiger partial charge in [0, 0.05) is 34.0 Å². The smallest absolute Gasteiger partial charge is 0.242 e. The predicted molar refractivity (Wildman–Crippen MR) is 108 cm³/mol.